The Morgan fingerprint density at radius 3 is 2.68 bits per heavy atom. The van der Waals surface area contributed by atoms with Crippen LogP contribution in [0.25, 0.3) is 33.3 Å². The van der Waals surface area contributed by atoms with Crippen molar-refractivity contribution in [2.75, 3.05) is 7.11 Å². The number of H-pyrrole nitrogens is 1. The zero-order valence-corrected chi connectivity index (χ0v) is 13.4. The highest BCUT2D eigenvalue weighted by molar-refractivity contribution is 9.10. The first-order chi connectivity index (χ1) is 10.7. The van der Waals surface area contributed by atoms with E-state index in [9.17, 15) is 0 Å². The van der Waals surface area contributed by atoms with Crippen LogP contribution in [0.2, 0.25) is 0 Å². The molecule has 0 radical (unpaired) electrons. The van der Waals surface area contributed by atoms with Crippen LogP contribution >= 0.6 is 15.9 Å². The van der Waals surface area contributed by atoms with E-state index in [4.69, 9.17) is 9.72 Å². The standard InChI is InChI=1S/C17H12BrN3O/c1-22-12-5-2-10(3-6-12)17-20-15-9-19-14-8-11(18)4-7-13(14)16(15)21-17/h2-9H,1H3,(H,20,21). The van der Waals surface area contributed by atoms with Gasteiger partial charge in [0.15, 0.2) is 0 Å². The molecule has 2 aromatic carbocycles. The van der Waals surface area contributed by atoms with Gasteiger partial charge in [0.2, 0.25) is 0 Å². The summed E-state index contributed by atoms with van der Waals surface area (Å²) in [5.74, 6) is 1.66. The normalized spacial score (nSPS) is 11.2. The van der Waals surface area contributed by atoms with E-state index in [0.717, 1.165) is 43.5 Å². The van der Waals surface area contributed by atoms with Crippen molar-refractivity contribution in [2.45, 2.75) is 0 Å². The minimum Gasteiger partial charge on any atom is -0.497 e. The molecule has 1 N–H and O–H groups in total. The average molecular weight is 354 g/mol. The van der Waals surface area contributed by atoms with Crippen molar-refractivity contribution >= 4 is 37.9 Å². The molecule has 4 nitrogen and oxygen atoms in total. The van der Waals surface area contributed by atoms with Crippen LogP contribution in [0.4, 0.5) is 0 Å². The van der Waals surface area contributed by atoms with Crippen molar-refractivity contribution in [3.8, 4) is 17.1 Å². The Morgan fingerprint density at radius 2 is 1.91 bits per heavy atom. The molecule has 0 aliphatic rings. The summed E-state index contributed by atoms with van der Waals surface area (Å²) in [6, 6.07) is 13.9. The van der Waals surface area contributed by atoms with E-state index >= 15 is 0 Å². The number of pyridine rings is 1. The van der Waals surface area contributed by atoms with E-state index < -0.39 is 0 Å². The van der Waals surface area contributed by atoms with Gasteiger partial charge < -0.3 is 9.72 Å². The summed E-state index contributed by atoms with van der Waals surface area (Å²) in [6.07, 6.45) is 1.82. The van der Waals surface area contributed by atoms with Crippen molar-refractivity contribution in [2.24, 2.45) is 0 Å². The van der Waals surface area contributed by atoms with Gasteiger partial charge in [-0.2, -0.15) is 0 Å². The van der Waals surface area contributed by atoms with E-state index in [0.29, 0.717) is 0 Å². The Morgan fingerprint density at radius 1 is 1.09 bits per heavy atom. The molecule has 0 saturated carbocycles. The molecule has 0 bridgehead atoms. The number of fused-ring (bicyclic) bond motifs is 3. The minimum absolute atomic E-state index is 0.829. The highest BCUT2D eigenvalue weighted by atomic mass is 79.9. The smallest absolute Gasteiger partial charge is 0.138 e. The number of hydrogen-bond donors (Lipinski definition) is 1. The van der Waals surface area contributed by atoms with Gasteiger partial charge >= 0.3 is 0 Å². The van der Waals surface area contributed by atoms with Crippen LogP contribution < -0.4 is 4.74 Å². The van der Waals surface area contributed by atoms with Gasteiger partial charge in [0, 0.05) is 15.4 Å². The predicted octanol–water partition coefficient (Wildman–Crippen LogP) is 4.55. The van der Waals surface area contributed by atoms with Crippen molar-refractivity contribution in [1.82, 2.24) is 15.0 Å². The monoisotopic (exact) mass is 353 g/mol. The van der Waals surface area contributed by atoms with E-state index in [-0.39, 0.29) is 0 Å². The fourth-order valence-corrected chi connectivity index (χ4v) is 2.87. The largest absolute Gasteiger partial charge is 0.497 e. The molecule has 0 unspecified atom stereocenters. The average Bonchev–Trinajstić information content (AvgIpc) is 2.99. The lowest BCUT2D eigenvalue weighted by Crippen LogP contribution is -1.83. The van der Waals surface area contributed by atoms with Gasteiger partial charge in [-0.1, -0.05) is 15.9 Å². The highest BCUT2D eigenvalue weighted by Gasteiger charge is 2.09. The minimum atomic E-state index is 0.829. The molecular weight excluding hydrogens is 342 g/mol. The van der Waals surface area contributed by atoms with E-state index in [2.05, 4.69) is 25.9 Å². The SMILES string of the molecule is COc1ccc(-c2nc3c(cnc4cc(Br)ccc43)[nH]2)cc1. The number of benzene rings is 2. The molecule has 0 saturated heterocycles. The summed E-state index contributed by atoms with van der Waals surface area (Å²) in [6.45, 7) is 0. The Bertz CT molecular complexity index is 976. The lowest BCUT2D eigenvalue weighted by molar-refractivity contribution is 0.415. The zero-order chi connectivity index (χ0) is 15.1. The number of aromatic nitrogens is 3. The summed E-state index contributed by atoms with van der Waals surface area (Å²) in [5, 5.41) is 1.04. The molecule has 0 amide bonds. The number of imidazole rings is 1. The van der Waals surface area contributed by atoms with Crippen LogP contribution in [0.1, 0.15) is 0 Å². The van der Waals surface area contributed by atoms with Crippen LogP contribution in [0.15, 0.2) is 53.1 Å². The zero-order valence-electron chi connectivity index (χ0n) is 11.8. The summed E-state index contributed by atoms with van der Waals surface area (Å²) >= 11 is 3.47. The molecule has 5 heteroatoms. The third kappa shape index (κ3) is 2.14. The molecule has 0 aliphatic carbocycles. The number of nitrogens with one attached hydrogen (secondary N) is 1. The molecular formula is C17H12BrN3O. The first kappa shape index (κ1) is 13.3. The quantitative estimate of drug-likeness (QED) is 0.575. The third-order valence-electron chi connectivity index (χ3n) is 3.64. The molecule has 0 spiro atoms. The van der Waals surface area contributed by atoms with Gasteiger partial charge in [0.25, 0.3) is 0 Å². The molecule has 0 atom stereocenters. The van der Waals surface area contributed by atoms with Gasteiger partial charge in [0.1, 0.15) is 11.6 Å². The van der Waals surface area contributed by atoms with E-state index in [1.807, 2.05) is 48.7 Å². The van der Waals surface area contributed by atoms with Gasteiger partial charge in [-0.05, 0) is 42.5 Å². The lowest BCUT2D eigenvalue weighted by atomic mass is 10.2. The fraction of sp³-hybridized carbons (Fsp3) is 0.0588. The summed E-state index contributed by atoms with van der Waals surface area (Å²) in [5.41, 5.74) is 3.81. The van der Waals surface area contributed by atoms with E-state index in [1.165, 1.54) is 0 Å². The van der Waals surface area contributed by atoms with Crippen molar-refractivity contribution in [3.63, 3.8) is 0 Å². The second-order valence-corrected chi connectivity index (χ2v) is 5.91. The number of halogens is 1. The maximum absolute atomic E-state index is 5.19. The molecule has 0 fully saturated rings. The van der Waals surface area contributed by atoms with Crippen molar-refractivity contribution in [1.29, 1.82) is 0 Å². The summed E-state index contributed by atoms with van der Waals surface area (Å²) in [4.78, 5) is 12.6. The first-order valence-electron chi connectivity index (χ1n) is 6.83. The topological polar surface area (TPSA) is 50.8 Å². The predicted molar refractivity (Wildman–Crippen MR) is 91.1 cm³/mol. The fourth-order valence-electron chi connectivity index (χ4n) is 2.52. The van der Waals surface area contributed by atoms with Crippen molar-refractivity contribution < 1.29 is 4.74 Å². The Balaban J connectivity index is 1.90. The van der Waals surface area contributed by atoms with Crippen LogP contribution in [0.5, 0.6) is 5.75 Å². The number of nitrogens with zero attached hydrogens (tertiary/aromatic N) is 2. The first-order valence-corrected chi connectivity index (χ1v) is 7.62. The third-order valence-corrected chi connectivity index (χ3v) is 4.14. The van der Waals surface area contributed by atoms with Crippen molar-refractivity contribution in [3.05, 3.63) is 53.1 Å². The number of ether oxygens (including phenoxy) is 1. The molecule has 2 aromatic heterocycles. The van der Waals surface area contributed by atoms with Crippen LogP contribution in [0.3, 0.4) is 0 Å². The van der Waals surface area contributed by atoms with Gasteiger partial charge in [-0.3, -0.25) is 4.98 Å². The molecule has 4 rings (SSSR count). The van der Waals surface area contributed by atoms with E-state index in [1.54, 1.807) is 7.11 Å². The van der Waals surface area contributed by atoms with Crippen LogP contribution in [-0.2, 0) is 0 Å². The van der Waals surface area contributed by atoms with Gasteiger partial charge in [-0.25, -0.2) is 4.98 Å². The molecule has 0 aliphatic heterocycles. The number of aromatic amines is 1. The second-order valence-electron chi connectivity index (χ2n) is 5.00. The molecule has 4 aromatic rings. The maximum Gasteiger partial charge on any atom is 0.138 e. The Kier molecular flexibility index (Phi) is 3.08. The van der Waals surface area contributed by atoms with Crippen LogP contribution in [0, 0.1) is 0 Å². The molecule has 22 heavy (non-hydrogen) atoms. The second kappa shape index (κ2) is 5.10. The number of hydrogen-bond acceptors (Lipinski definition) is 3. The Hall–Kier alpha value is -2.40. The van der Waals surface area contributed by atoms with Crippen LogP contribution in [-0.4, -0.2) is 22.1 Å². The number of methoxy groups -OCH3 is 1. The van der Waals surface area contributed by atoms with Gasteiger partial charge in [-0.15, -0.1) is 0 Å². The van der Waals surface area contributed by atoms with Gasteiger partial charge in [0.05, 0.1) is 29.9 Å². The number of rotatable bonds is 2. The molecule has 108 valence electrons. The Labute approximate surface area is 135 Å². The maximum atomic E-state index is 5.19. The lowest BCUT2D eigenvalue weighted by Gasteiger charge is -2.00. The molecule has 2 heterocycles. The highest BCUT2D eigenvalue weighted by Crippen LogP contribution is 2.28. The summed E-state index contributed by atoms with van der Waals surface area (Å²) < 4.78 is 6.20. The summed E-state index contributed by atoms with van der Waals surface area (Å²) in [7, 11) is 1.66.